The van der Waals surface area contributed by atoms with E-state index in [-0.39, 0.29) is 35.5 Å². The van der Waals surface area contributed by atoms with Crippen LogP contribution in [0.15, 0.2) is 30.3 Å². The number of hydrogen-bond acceptors (Lipinski definition) is 1. The van der Waals surface area contributed by atoms with Crippen LogP contribution in [-0.4, -0.2) is 35.5 Å². The maximum atomic E-state index is 10.4. The van der Waals surface area contributed by atoms with Crippen molar-refractivity contribution in [3.05, 3.63) is 35.9 Å². The molecule has 0 heterocycles. The molecule has 0 atom stereocenters. The van der Waals surface area contributed by atoms with Crippen molar-refractivity contribution in [1.82, 2.24) is 0 Å². The summed E-state index contributed by atoms with van der Waals surface area (Å²) in [5.41, 5.74) is 5.53. The fourth-order valence-corrected chi connectivity index (χ4v) is 0.602. The molecule has 0 aliphatic rings. The average Bonchev–Trinajstić information content (AvgIpc) is 1.90. The molecule has 0 aliphatic heterocycles. The minimum atomic E-state index is -0.379. The van der Waals surface area contributed by atoms with Crippen LogP contribution in [0, 0.1) is 0 Å². The summed E-state index contributed by atoms with van der Waals surface area (Å²) in [5, 5.41) is 0. The summed E-state index contributed by atoms with van der Waals surface area (Å²) in [6.45, 7) is 0. The zero-order valence-corrected chi connectivity index (χ0v) is 4.87. The van der Waals surface area contributed by atoms with E-state index in [1.54, 1.807) is 24.3 Å². The second kappa shape index (κ2) is 4.50. The van der Waals surface area contributed by atoms with E-state index in [1.807, 2.05) is 6.07 Å². The van der Waals surface area contributed by atoms with Gasteiger partial charge in [0.1, 0.15) is 0 Å². The molecule has 48 valence electrons. The van der Waals surface area contributed by atoms with Gasteiger partial charge in [-0.3, -0.25) is 4.79 Å². The molecule has 2 N–H and O–H groups in total. The molecule has 0 unspecified atom stereocenters. The summed E-state index contributed by atoms with van der Waals surface area (Å²) in [6.07, 6.45) is 0. The molecule has 0 saturated carbocycles. The van der Waals surface area contributed by atoms with E-state index in [0.717, 1.165) is 0 Å². The van der Waals surface area contributed by atoms with E-state index in [1.165, 1.54) is 0 Å². The third-order valence-corrected chi connectivity index (χ3v) is 1.06. The number of amides is 1. The topological polar surface area (TPSA) is 43.1 Å². The van der Waals surface area contributed by atoms with Crippen LogP contribution in [0.5, 0.6) is 0 Å². The number of nitrogens with two attached hydrogens (primary N) is 1. The van der Waals surface area contributed by atoms with Crippen molar-refractivity contribution >= 4 is 35.5 Å². The van der Waals surface area contributed by atoms with Gasteiger partial charge in [0, 0.05) is 5.56 Å². The summed E-state index contributed by atoms with van der Waals surface area (Å²) in [4.78, 5) is 10.4. The minimum absolute atomic E-state index is 0. The van der Waals surface area contributed by atoms with Gasteiger partial charge in [0.2, 0.25) is 5.91 Å². The Kier molecular flexibility index (Phi) is 4.36. The van der Waals surface area contributed by atoms with Crippen molar-refractivity contribution in [3.63, 3.8) is 0 Å². The van der Waals surface area contributed by atoms with E-state index in [0.29, 0.717) is 5.56 Å². The molecule has 0 aromatic heterocycles. The number of primary amides is 1. The van der Waals surface area contributed by atoms with Crippen molar-refractivity contribution in [2.24, 2.45) is 5.73 Å². The van der Waals surface area contributed by atoms with Crippen molar-refractivity contribution in [2.45, 2.75) is 0 Å². The Hall–Kier alpha value is -0.310. The zero-order valence-electron chi connectivity index (χ0n) is 4.87. The normalized spacial score (nSPS) is 8.00. The second-order valence-electron chi connectivity index (χ2n) is 1.73. The van der Waals surface area contributed by atoms with E-state index < -0.39 is 0 Å². The van der Waals surface area contributed by atoms with Gasteiger partial charge in [-0.1, -0.05) is 18.2 Å². The van der Waals surface area contributed by atoms with Crippen molar-refractivity contribution < 1.29 is 4.79 Å². The Morgan fingerprint density at radius 3 is 2.00 bits per heavy atom. The number of hydrogen-bond donors (Lipinski definition) is 1. The van der Waals surface area contributed by atoms with Gasteiger partial charge >= 0.3 is 29.6 Å². The van der Waals surface area contributed by atoms with E-state index >= 15 is 0 Å². The number of rotatable bonds is 1. The van der Waals surface area contributed by atoms with Crippen LogP contribution in [0.25, 0.3) is 0 Å². The Morgan fingerprint density at radius 1 is 1.20 bits per heavy atom. The second-order valence-corrected chi connectivity index (χ2v) is 1.73. The van der Waals surface area contributed by atoms with Gasteiger partial charge in [0.25, 0.3) is 0 Å². The molecule has 0 spiro atoms. The third kappa shape index (κ3) is 2.52. The molecule has 3 heteroatoms. The average molecular weight is 145 g/mol. The third-order valence-electron chi connectivity index (χ3n) is 1.06. The zero-order chi connectivity index (χ0) is 6.69. The first-order valence-corrected chi connectivity index (χ1v) is 2.65. The molecule has 2 nitrogen and oxygen atoms in total. The molecule has 1 aromatic carbocycles. The van der Waals surface area contributed by atoms with E-state index in [2.05, 4.69) is 0 Å². The van der Waals surface area contributed by atoms with Gasteiger partial charge in [-0.05, 0) is 12.1 Å². The summed E-state index contributed by atoms with van der Waals surface area (Å²) in [5.74, 6) is -0.379. The molecule has 0 radical (unpaired) electrons. The molecular weight excluding hydrogens is 137 g/mol. The van der Waals surface area contributed by atoms with Crippen molar-refractivity contribution in [1.29, 1.82) is 0 Å². The van der Waals surface area contributed by atoms with Gasteiger partial charge in [-0.2, -0.15) is 0 Å². The summed E-state index contributed by atoms with van der Waals surface area (Å²) >= 11 is 0. The van der Waals surface area contributed by atoms with Gasteiger partial charge < -0.3 is 5.73 Å². The molecule has 1 amide bonds. The molecule has 10 heavy (non-hydrogen) atoms. The van der Waals surface area contributed by atoms with E-state index in [9.17, 15) is 4.79 Å². The Morgan fingerprint density at radius 2 is 1.70 bits per heavy atom. The predicted molar refractivity (Wildman–Crippen MR) is 42.1 cm³/mol. The summed E-state index contributed by atoms with van der Waals surface area (Å²) in [7, 11) is 0. The SMILES string of the molecule is NC(=O)c1ccccc1.[NaH]. The van der Waals surface area contributed by atoms with Crippen LogP contribution < -0.4 is 5.73 Å². The Labute approximate surface area is 81.7 Å². The van der Waals surface area contributed by atoms with E-state index in [4.69, 9.17) is 5.73 Å². The number of carbonyl (C=O) groups is 1. The van der Waals surface area contributed by atoms with Gasteiger partial charge in [-0.25, -0.2) is 0 Å². The quantitative estimate of drug-likeness (QED) is 0.561. The Bertz CT molecular complexity index is 210. The molecular formula is C7H8NNaO. The van der Waals surface area contributed by atoms with Crippen molar-refractivity contribution in [3.8, 4) is 0 Å². The predicted octanol–water partition coefficient (Wildman–Crippen LogP) is 0.137. The first kappa shape index (κ1) is 9.69. The van der Waals surface area contributed by atoms with Gasteiger partial charge in [-0.15, -0.1) is 0 Å². The summed E-state index contributed by atoms with van der Waals surface area (Å²) < 4.78 is 0. The number of carbonyl (C=O) groups excluding carboxylic acids is 1. The van der Waals surface area contributed by atoms with Gasteiger partial charge in [0.15, 0.2) is 0 Å². The molecule has 0 aliphatic carbocycles. The summed E-state index contributed by atoms with van der Waals surface area (Å²) in [6, 6.07) is 8.76. The fourth-order valence-electron chi connectivity index (χ4n) is 0.602. The van der Waals surface area contributed by atoms with Crippen molar-refractivity contribution in [2.75, 3.05) is 0 Å². The van der Waals surface area contributed by atoms with Crippen LogP contribution in [-0.2, 0) is 0 Å². The van der Waals surface area contributed by atoms with Gasteiger partial charge in [0.05, 0.1) is 0 Å². The van der Waals surface area contributed by atoms with Crippen LogP contribution in [0.4, 0.5) is 0 Å². The van der Waals surface area contributed by atoms with Crippen LogP contribution >= 0.6 is 0 Å². The van der Waals surface area contributed by atoms with Crippen LogP contribution in [0.3, 0.4) is 0 Å². The molecule has 0 bridgehead atoms. The monoisotopic (exact) mass is 145 g/mol. The molecule has 1 aromatic rings. The number of benzene rings is 1. The van der Waals surface area contributed by atoms with Crippen LogP contribution in [0.1, 0.15) is 10.4 Å². The first-order valence-electron chi connectivity index (χ1n) is 2.65. The molecule has 1 rings (SSSR count). The maximum absolute atomic E-state index is 10.4. The fraction of sp³-hybridized carbons (Fsp3) is 0. The molecule has 0 saturated heterocycles. The Balaban J connectivity index is 0.000000810. The van der Waals surface area contributed by atoms with Crippen LogP contribution in [0.2, 0.25) is 0 Å². The molecule has 0 fully saturated rings. The first-order chi connectivity index (χ1) is 4.30. The standard InChI is InChI=1S/C7H7NO.Na.H/c8-7(9)6-4-2-1-3-5-6;;/h1-5H,(H2,8,9);;.